The molecule has 113 valence electrons. The van der Waals surface area contributed by atoms with E-state index < -0.39 is 5.41 Å². The van der Waals surface area contributed by atoms with E-state index >= 15 is 0 Å². The lowest BCUT2D eigenvalue weighted by Crippen LogP contribution is -2.34. The van der Waals surface area contributed by atoms with Crippen LogP contribution in [0.5, 0.6) is 0 Å². The number of hydrogen-bond acceptors (Lipinski definition) is 2. The van der Waals surface area contributed by atoms with Gasteiger partial charge in [-0.25, -0.2) is 0 Å². The van der Waals surface area contributed by atoms with E-state index in [0.717, 1.165) is 12.2 Å². The van der Waals surface area contributed by atoms with Crippen LogP contribution in [0, 0.1) is 23.2 Å². The van der Waals surface area contributed by atoms with Gasteiger partial charge in [0.05, 0.1) is 5.41 Å². The van der Waals surface area contributed by atoms with Gasteiger partial charge in [-0.3, -0.25) is 4.79 Å². The molecule has 0 aromatic carbocycles. The average molecular weight is 277 g/mol. The van der Waals surface area contributed by atoms with Gasteiger partial charge >= 0.3 is 5.97 Å². The number of carbonyl (C=O) groups excluding carboxylic acids is 1. The third kappa shape index (κ3) is 3.74. The topological polar surface area (TPSA) is 26.3 Å². The van der Waals surface area contributed by atoms with Crippen LogP contribution in [0.25, 0.3) is 0 Å². The Bertz CT molecular complexity index is 421. The van der Waals surface area contributed by atoms with Crippen molar-refractivity contribution in [2.45, 2.75) is 61.3 Å². The number of allylic oxidation sites excluding steroid dienone is 4. The fraction of sp³-hybridized carbons (Fsp3) is 0.667. The third-order valence-corrected chi connectivity index (χ3v) is 4.54. The second kappa shape index (κ2) is 6.15. The van der Waals surface area contributed by atoms with E-state index in [-0.39, 0.29) is 17.3 Å². The van der Waals surface area contributed by atoms with Crippen LogP contribution in [0.4, 0.5) is 0 Å². The highest BCUT2D eigenvalue weighted by molar-refractivity contribution is 5.77. The summed E-state index contributed by atoms with van der Waals surface area (Å²) in [7, 11) is 0. The highest BCUT2D eigenvalue weighted by atomic mass is 16.5. The SMILES string of the molecule is CCC(C)(C(=O)OC1=CC=C(C(C)(C)C)[CH]C1)C(C)C. The second-order valence-corrected chi connectivity index (χ2v) is 7.23. The average Bonchev–Trinajstić information content (AvgIpc) is 2.36. The van der Waals surface area contributed by atoms with Gasteiger partial charge in [-0.05, 0) is 37.2 Å². The first-order valence-corrected chi connectivity index (χ1v) is 7.58. The quantitative estimate of drug-likeness (QED) is 0.671. The zero-order chi connectivity index (χ0) is 15.6. The van der Waals surface area contributed by atoms with Gasteiger partial charge in [0, 0.05) is 6.42 Å². The first-order chi connectivity index (χ1) is 9.11. The molecule has 0 aromatic rings. The van der Waals surface area contributed by atoms with Crippen molar-refractivity contribution in [2.75, 3.05) is 0 Å². The standard InChI is InChI=1S/C18H29O2/c1-8-18(7,13(2)3)16(19)20-15-11-9-14(10-12-15)17(4,5)6/h9-11,13H,8,12H2,1-7H3. The first-order valence-electron chi connectivity index (χ1n) is 7.58. The summed E-state index contributed by atoms with van der Waals surface area (Å²) in [6, 6.07) is 0. The highest BCUT2D eigenvalue weighted by Gasteiger charge is 2.37. The van der Waals surface area contributed by atoms with Crippen molar-refractivity contribution in [3.8, 4) is 0 Å². The Hall–Kier alpha value is -1.05. The minimum absolute atomic E-state index is 0.109. The van der Waals surface area contributed by atoms with Crippen LogP contribution >= 0.6 is 0 Å². The molecule has 0 saturated carbocycles. The Balaban J connectivity index is 2.79. The van der Waals surface area contributed by atoms with E-state index in [2.05, 4.69) is 47.1 Å². The molecule has 0 aliphatic heterocycles. The van der Waals surface area contributed by atoms with Crippen molar-refractivity contribution in [1.82, 2.24) is 0 Å². The molecule has 0 spiro atoms. The van der Waals surface area contributed by atoms with Crippen molar-refractivity contribution < 1.29 is 9.53 Å². The molecule has 1 aliphatic rings. The van der Waals surface area contributed by atoms with Gasteiger partial charge in [-0.1, -0.05) is 53.2 Å². The lowest BCUT2D eigenvalue weighted by atomic mass is 9.77. The maximum atomic E-state index is 12.4. The number of rotatable bonds is 4. The van der Waals surface area contributed by atoms with Gasteiger partial charge in [0.25, 0.3) is 0 Å². The van der Waals surface area contributed by atoms with Crippen LogP contribution in [0.2, 0.25) is 0 Å². The summed E-state index contributed by atoms with van der Waals surface area (Å²) in [5.74, 6) is 0.916. The minimum atomic E-state index is -0.408. The maximum Gasteiger partial charge on any atom is 0.317 e. The Morgan fingerprint density at radius 1 is 1.25 bits per heavy atom. The molecule has 1 aliphatic carbocycles. The number of ether oxygens (including phenoxy) is 1. The van der Waals surface area contributed by atoms with E-state index in [4.69, 9.17) is 4.74 Å². The molecule has 0 fully saturated rings. The van der Waals surface area contributed by atoms with Gasteiger partial charge in [-0.2, -0.15) is 0 Å². The summed E-state index contributed by atoms with van der Waals surface area (Å²) in [6.07, 6.45) is 7.65. The predicted octanol–water partition coefficient (Wildman–Crippen LogP) is 5.07. The Labute approximate surface area is 124 Å². The molecule has 0 heterocycles. The molecule has 20 heavy (non-hydrogen) atoms. The van der Waals surface area contributed by atoms with Crippen molar-refractivity contribution in [3.05, 3.63) is 29.9 Å². The second-order valence-electron chi connectivity index (χ2n) is 7.23. The number of hydrogen-bond donors (Lipinski definition) is 0. The van der Waals surface area contributed by atoms with Crippen molar-refractivity contribution in [3.63, 3.8) is 0 Å². The van der Waals surface area contributed by atoms with Gasteiger partial charge < -0.3 is 4.74 Å². The molecule has 0 bridgehead atoms. The third-order valence-electron chi connectivity index (χ3n) is 4.54. The summed E-state index contributed by atoms with van der Waals surface area (Å²) < 4.78 is 5.62. The van der Waals surface area contributed by atoms with Gasteiger partial charge in [0.15, 0.2) is 0 Å². The molecular weight excluding hydrogens is 248 g/mol. The highest BCUT2D eigenvalue weighted by Crippen LogP contribution is 2.36. The fourth-order valence-electron chi connectivity index (χ4n) is 2.19. The van der Waals surface area contributed by atoms with E-state index in [0.29, 0.717) is 6.42 Å². The summed E-state index contributed by atoms with van der Waals surface area (Å²) in [5, 5.41) is 0. The zero-order valence-corrected chi connectivity index (χ0v) is 14.0. The number of esters is 1. The Kier molecular flexibility index (Phi) is 5.23. The normalized spacial score (nSPS) is 19.2. The molecule has 1 atom stereocenters. The summed E-state index contributed by atoms with van der Waals surface area (Å²) in [4.78, 5) is 12.4. The van der Waals surface area contributed by atoms with Crippen LogP contribution in [0.1, 0.15) is 61.3 Å². The largest absolute Gasteiger partial charge is 0.431 e. The van der Waals surface area contributed by atoms with Crippen LogP contribution in [-0.2, 0) is 9.53 Å². The number of carbonyl (C=O) groups is 1. The van der Waals surface area contributed by atoms with Gasteiger partial charge in [-0.15, -0.1) is 0 Å². The van der Waals surface area contributed by atoms with Crippen LogP contribution in [0.3, 0.4) is 0 Å². The monoisotopic (exact) mass is 277 g/mol. The first kappa shape index (κ1) is 17.0. The van der Waals surface area contributed by atoms with E-state index in [1.807, 2.05) is 19.9 Å². The van der Waals surface area contributed by atoms with Crippen LogP contribution < -0.4 is 0 Å². The molecule has 1 radical (unpaired) electrons. The van der Waals surface area contributed by atoms with Crippen molar-refractivity contribution in [1.29, 1.82) is 0 Å². The Morgan fingerprint density at radius 3 is 2.20 bits per heavy atom. The van der Waals surface area contributed by atoms with E-state index in [1.165, 1.54) is 5.57 Å². The van der Waals surface area contributed by atoms with Crippen LogP contribution in [-0.4, -0.2) is 5.97 Å². The molecule has 2 nitrogen and oxygen atoms in total. The summed E-state index contributed by atoms with van der Waals surface area (Å²) in [5.41, 5.74) is 1.02. The lowest BCUT2D eigenvalue weighted by Gasteiger charge is -2.31. The van der Waals surface area contributed by atoms with Gasteiger partial charge in [0.2, 0.25) is 0 Å². The molecule has 0 amide bonds. The molecule has 0 aromatic heterocycles. The van der Waals surface area contributed by atoms with E-state index in [9.17, 15) is 4.79 Å². The molecule has 1 rings (SSSR count). The fourth-order valence-corrected chi connectivity index (χ4v) is 2.19. The molecular formula is C18H29O2. The van der Waals surface area contributed by atoms with Crippen LogP contribution in [0.15, 0.2) is 23.5 Å². The molecule has 0 N–H and O–H groups in total. The predicted molar refractivity (Wildman–Crippen MR) is 83.9 cm³/mol. The smallest absolute Gasteiger partial charge is 0.317 e. The van der Waals surface area contributed by atoms with E-state index in [1.54, 1.807) is 0 Å². The minimum Gasteiger partial charge on any atom is -0.431 e. The van der Waals surface area contributed by atoms with Gasteiger partial charge in [0.1, 0.15) is 5.76 Å². The lowest BCUT2D eigenvalue weighted by molar-refractivity contribution is -0.153. The maximum absolute atomic E-state index is 12.4. The Morgan fingerprint density at radius 2 is 1.85 bits per heavy atom. The molecule has 1 unspecified atom stereocenters. The van der Waals surface area contributed by atoms with Crippen molar-refractivity contribution in [2.24, 2.45) is 16.7 Å². The summed E-state index contributed by atoms with van der Waals surface area (Å²) >= 11 is 0. The molecule has 0 saturated heterocycles. The van der Waals surface area contributed by atoms with Crippen molar-refractivity contribution >= 4 is 5.97 Å². The zero-order valence-electron chi connectivity index (χ0n) is 14.0. The summed E-state index contributed by atoms with van der Waals surface area (Å²) in [6.45, 7) is 14.7. The molecule has 2 heteroatoms.